The van der Waals surface area contributed by atoms with Gasteiger partial charge in [-0.15, -0.1) is 0 Å². The van der Waals surface area contributed by atoms with Gasteiger partial charge in [-0.3, -0.25) is 14.4 Å². The quantitative estimate of drug-likeness (QED) is 0.746. The van der Waals surface area contributed by atoms with Gasteiger partial charge in [0, 0.05) is 13.0 Å². The molecule has 23 heavy (non-hydrogen) atoms. The van der Waals surface area contributed by atoms with E-state index in [0.29, 0.717) is 0 Å². The van der Waals surface area contributed by atoms with E-state index in [1.54, 1.807) is 6.92 Å². The number of hydrogen-bond acceptors (Lipinski definition) is 4. The van der Waals surface area contributed by atoms with Gasteiger partial charge < -0.3 is 15.4 Å². The van der Waals surface area contributed by atoms with Gasteiger partial charge in [-0.05, 0) is 25.3 Å². The van der Waals surface area contributed by atoms with E-state index in [4.69, 9.17) is 4.74 Å². The molecule has 0 unspecified atom stereocenters. The summed E-state index contributed by atoms with van der Waals surface area (Å²) in [6.45, 7) is 2.94. The zero-order valence-electron chi connectivity index (χ0n) is 13.4. The van der Waals surface area contributed by atoms with E-state index >= 15 is 0 Å². The lowest BCUT2D eigenvalue weighted by atomic mass is 10.0. The summed E-state index contributed by atoms with van der Waals surface area (Å²) in [6.07, 6.45) is 1.09. The lowest BCUT2D eigenvalue weighted by Gasteiger charge is -2.19. The van der Waals surface area contributed by atoms with Crippen LogP contribution in [0.3, 0.4) is 0 Å². The van der Waals surface area contributed by atoms with Crippen molar-refractivity contribution in [2.45, 2.75) is 51.3 Å². The molecule has 1 aromatic carbocycles. The maximum absolute atomic E-state index is 12.1. The minimum atomic E-state index is -0.836. The van der Waals surface area contributed by atoms with Crippen LogP contribution in [0.1, 0.15) is 44.7 Å². The number of hydrogen-bond donors (Lipinski definition) is 2. The van der Waals surface area contributed by atoms with E-state index in [-0.39, 0.29) is 24.3 Å². The first-order valence-electron chi connectivity index (χ1n) is 7.77. The Morgan fingerprint density at radius 2 is 1.87 bits per heavy atom. The summed E-state index contributed by atoms with van der Waals surface area (Å²) in [5, 5.41) is 5.52. The Kier molecular flexibility index (Phi) is 5.73. The van der Waals surface area contributed by atoms with Gasteiger partial charge in [-0.2, -0.15) is 0 Å². The molecule has 1 saturated carbocycles. The van der Waals surface area contributed by atoms with Crippen molar-refractivity contribution >= 4 is 17.8 Å². The van der Waals surface area contributed by atoms with Gasteiger partial charge in [0.25, 0.3) is 5.91 Å². The molecule has 1 aliphatic carbocycles. The number of rotatable bonds is 7. The molecule has 2 atom stereocenters. The number of carbonyl (C=O) groups excluding carboxylic acids is 3. The number of carbonyl (C=O) groups is 3. The molecule has 2 amide bonds. The number of benzene rings is 1. The monoisotopic (exact) mass is 318 g/mol. The van der Waals surface area contributed by atoms with Crippen LogP contribution in [-0.2, 0) is 19.1 Å². The maximum Gasteiger partial charge on any atom is 0.309 e. The van der Waals surface area contributed by atoms with Gasteiger partial charge in [0.05, 0.1) is 12.5 Å². The highest BCUT2D eigenvalue weighted by atomic mass is 16.5. The Hall–Kier alpha value is -2.37. The van der Waals surface area contributed by atoms with E-state index in [2.05, 4.69) is 10.6 Å². The zero-order chi connectivity index (χ0) is 16.8. The maximum atomic E-state index is 12.1. The van der Waals surface area contributed by atoms with Crippen molar-refractivity contribution in [2.24, 2.45) is 0 Å². The van der Waals surface area contributed by atoms with Crippen molar-refractivity contribution in [3.05, 3.63) is 35.9 Å². The van der Waals surface area contributed by atoms with Gasteiger partial charge in [-0.25, -0.2) is 0 Å². The Morgan fingerprint density at radius 1 is 1.22 bits per heavy atom. The molecular weight excluding hydrogens is 296 g/mol. The van der Waals surface area contributed by atoms with Crippen molar-refractivity contribution < 1.29 is 19.1 Å². The summed E-state index contributed by atoms with van der Waals surface area (Å²) < 4.78 is 5.17. The second-order valence-corrected chi connectivity index (χ2v) is 5.78. The Balaban J connectivity index is 1.91. The Labute approximate surface area is 135 Å². The Morgan fingerprint density at radius 3 is 2.43 bits per heavy atom. The summed E-state index contributed by atoms with van der Waals surface area (Å²) in [7, 11) is 0. The molecule has 0 bridgehead atoms. The molecule has 2 rings (SSSR count). The van der Waals surface area contributed by atoms with Crippen molar-refractivity contribution in [1.82, 2.24) is 10.6 Å². The van der Waals surface area contributed by atoms with Crippen molar-refractivity contribution in [2.75, 3.05) is 0 Å². The summed E-state index contributed by atoms with van der Waals surface area (Å²) in [5.74, 6) is -1.03. The van der Waals surface area contributed by atoms with Gasteiger partial charge in [0.15, 0.2) is 6.10 Å². The van der Waals surface area contributed by atoms with Gasteiger partial charge in [0.2, 0.25) is 5.91 Å². The summed E-state index contributed by atoms with van der Waals surface area (Å²) in [5.41, 5.74) is 0.815. The molecule has 0 spiro atoms. The number of nitrogens with one attached hydrogen (secondary N) is 2. The smallest absolute Gasteiger partial charge is 0.309 e. The summed E-state index contributed by atoms with van der Waals surface area (Å²) >= 11 is 0. The fourth-order valence-electron chi connectivity index (χ4n) is 2.19. The van der Waals surface area contributed by atoms with Gasteiger partial charge >= 0.3 is 5.97 Å². The van der Waals surface area contributed by atoms with Crippen LogP contribution in [-0.4, -0.2) is 29.9 Å². The lowest BCUT2D eigenvalue weighted by Crippen LogP contribution is -2.37. The third-order valence-electron chi connectivity index (χ3n) is 3.55. The van der Waals surface area contributed by atoms with E-state index in [0.717, 1.165) is 18.4 Å². The minimum absolute atomic E-state index is 0.0232. The van der Waals surface area contributed by atoms with Crippen LogP contribution in [0, 0.1) is 0 Å². The van der Waals surface area contributed by atoms with Crippen molar-refractivity contribution in [1.29, 1.82) is 0 Å². The fourth-order valence-corrected chi connectivity index (χ4v) is 2.19. The third-order valence-corrected chi connectivity index (χ3v) is 3.55. The van der Waals surface area contributed by atoms with Crippen LogP contribution in [0.5, 0.6) is 0 Å². The molecule has 0 heterocycles. The van der Waals surface area contributed by atoms with Gasteiger partial charge in [0.1, 0.15) is 0 Å². The highest BCUT2D eigenvalue weighted by Crippen LogP contribution is 2.20. The molecule has 1 aliphatic rings. The molecule has 124 valence electrons. The third kappa shape index (κ3) is 5.73. The molecule has 0 aliphatic heterocycles. The van der Waals surface area contributed by atoms with E-state index in [9.17, 15) is 14.4 Å². The molecular formula is C17H22N2O4. The first-order valence-corrected chi connectivity index (χ1v) is 7.77. The van der Waals surface area contributed by atoms with Crippen molar-refractivity contribution in [3.63, 3.8) is 0 Å². The second-order valence-electron chi connectivity index (χ2n) is 5.78. The van der Waals surface area contributed by atoms with Crippen LogP contribution < -0.4 is 10.6 Å². The standard InChI is InChI=1S/C17H22N2O4/c1-11(17(22)19-14-8-9-14)23-16(21)10-15(18-12(2)20)13-6-4-3-5-7-13/h3-7,11,14-15H,8-10H2,1-2H3,(H,18,20)(H,19,22)/t11-,15-/m1/s1. The molecule has 6 nitrogen and oxygen atoms in total. The normalized spacial score (nSPS) is 16.1. The minimum Gasteiger partial charge on any atom is -0.452 e. The highest BCUT2D eigenvalue weighted by Gasteiger charge is 2.28. The largest absolute Gasteiger partial charge is 0.452 e. The molecule has 2 N–H and O–H groups in total. The average Bonchev–Trinajstić information content (AvgIpc) is 3.30. The zero-order valence-corrected chi connectivity index (χ0v) is 13.4. The SMILES string of the molecule is CC(=O)N[C@H](CC(=O)O[C@H](C)C(=O)NC1CC1)c1ccccc1. The van der Waals surface area contributed by atoms with Crippen LogP contribution in [0.4, 0.5) is 0 Å². The predicted octanol–water partition coefficient (Wildman–Crippen LogP) is 1.46. The topological polar surface area (TPSA) is 84.5 Å². The van der Waals surface area contributed by atoms with Crippen LogP contribution in [0.15, 0.2) is 30.3 Å². The lowest BCUT2D eigenvalue weighted by molar-refractivity contribution is -0.155. The highest BCUT2D eigenvalue weighted by molar-refractivity contribution is 5.84. The van der Waals surface area contributed by atoms with Crippen molar-refractivity contribution in [3.8, 4) is 0 Å². The second kappa shape index (κ2) is 7.76. The number of amides is 2. The predicted molar refractivity (Wildman–Crippen MR) is 84.3 cm³/mol. The molecule has 1 aromatic rings. The van der Waals surface area contributed by atoms with E-state index in [1.807, 2.05) is 30.3 Å². The molecule has 1 fully saturated rings. The van der Waals surface area contributed by atoms with E-state index in [1.165, 1.54) is 6.92 Å². The average molecular weight is 318 g/mol. The molecule has 6 heteroatoms. The van der Waals surface area contributed by atoms with E-state index < -0.39 is 18.1 Å². The van der Waals surface area contributed by atoms with Crippen LogP contribution in [0.2, 0.25) is 0 Å². The summed E-state index contributed by atoms with van der Waals surface area (Å²) in [6, 6.07) is 8.94. The number of ether oxygens (including phenoxy) is 1. The first-order chi connectivity index (χ1) is 11.0. The molecule has 0 aromatic heterocycles. The van der Waals surface area contributed by atoms with Crippen LogP contribution >= 0.6 is 0 Å². The number of esters is 1. The molecule has 0 saturated heterocycles. The van der Waals surface area contributed by atoms with Crippen LogP contribution in [0.25, 0.3) is 0 Å². The Bertz CT molecular complexity index is 569. The fraction of sp³-hybridized carbons (Fsp3) is 0.471. The summed E-state index contributed by atoms with van der Waals surface area (Å²) in [4.78, 5) is 35.2. The molecule has 0 radical (unpaired) electrons. The van der Waals surface area contributed by atoms with Gasteiger partial charge in [-0.1, -0.05) is 30.3 Å². The first kappa shape index (κ1) is 17.0.